The lowest BCUT2D eigenvalue weighted by molar-refractivity contribution is 0.264. The topological polar surface area (TPSA) is 39.1 Å². The fourth-order valence-electron chi connectivity index (χ4n) is 1.85. The predicted molar refractivity (Wildman–Crippen MR) is 74.9 cm³/mol. The first-order valence-corrected chi connectivity index (χ1v) is 6.92. The number of hydrogen-bond donors (Lipinski definition) is 1. The molecule has 1 heterocycles. The van der Waals surface area contributed by atoms with Gasteiger partial charge in [-0.25, -0.2) is 4.68 Å². The number of aryl methyl sites for hydroxylation is 2. The Morgan fingerprint density at radius 3 is 2.72 bits per heavy atom. The van der Waals surface area contributed by atoms with Crippen LogP contribution in [0, 0.1) is 12.8 Å². The third kappa shape index (κ3) is 4.33. The summed E-state index contributed by atoms with van der Waals surface area (Å²) in [6.07, 6.45) is 2.22. The smallest absolute Gasteiger partial charge is 0.216 e. The highest BCUT2D eigenvalue weighted by atomic mass is 16.5. The van der Waals surface area contributed by atoms with E-state index >= 15 is 0 Å². The highest BCUT2D eigenvalue weighted by molar-refractivity contribution is 5.30. The average molecular weight is 253 g/mol. The predicted octanol–water partition coefficient (Wildman–Crippen LogP) is 2.65. The van der Waals surface area contributed by atoms with E-state index in [0.717, 1.165) is 44.1 Å². The van der Waals surface area contributed by atoms with Gasteiger partial charge in [-0.3, -0.25) is 0 Å². The second kappa shape index (κ2) is 7.41. The molecule has 0 amide bonds. The summed E-state index contributed by atoms with van der Waals surface area (Å²) in [6, 6.07) is 0. The van der Waals surface area contributed by atoms with Crippen LogP contribution >= 0.6 is 0 Å². The average Bonchev–Trinajstić information content (AvgIpc) is 2.55. The Morgan fingerprint density at radius 2 is 2.11 bits per heavy atom. The molecule has 1 rings (SSSR count). The molecule has 0 aromatic carbocycles. The first-order valence-electron chi connectivity index (χ1n) is 6.92. The van der Waals surface area contributed by atoms with Crippen LogP contribution in [0.4, 0.5) is 0 Å². The van der Waals surface area contributed by atoms with E-state index in [1.54, 1.807) is 0 Å². The van der Waals surface area contributed by atoms with Crippen molar-refractivity contribution in [1.82, 2.24) is 15.1 Å². The van der Waals surface area contributed by atoms with Crippen molar-refractivity contribution in [2.24, 2.45) is 13.0 Å². The number of aromatic nitrogens is 2. The number of ether oxygens (including phenoxy) is 1. The molecule has 0 aliphatic carbocycles. The molecule has 0 saturated carbocycles. The van der Waals surface area contributed by atoms with E-state index in [-0.39, 0.29) is 0 Å². The Hall–Kier alpha value is -1.03. The molecule has 4 nitrogen and oxygen atoms in total. The Bertz CT molecular complexity index is 358. The van der Waals surface area contributed by atoms with Crippen LogP contribution in [0.2, 0.25) is 0 Å². The van der Waals surface area contributed by atoms with Crippen molar-refractivity contribution in [3.05, 3.63) is 11.3 Å². The summed E-state index contributed by atoms with van der Waals surface area (Å²) in [7, 11) is 1.95. The Labute approximate surface area is 111 Å². The van der Waals surface area contributed by atoms with Gasteiger partial charge in [0.05, 0.1) is 17.9 Å². The molecule has 0 aliphatic heterocycles. The maximum absolute atomic E-state index is 5.89. The fourth-order valence-corrected chi connectivity index (χ4v) is 1.85. The number of nitrogens with zero attached hydrogens (tertiary/aromatic N) is 2. The molecule has 4 heteroatoms. The maximum Gasteiger partial charge on any atom is 0.216 e. The zero-order valence-electron chi connectivity index (χ0n) is 12.4. The van der Waals surface area contributed by atoms with Crippen molar-refractivity contribution in [2.45, 2.75) is 47.1 Å². The number of nitrogens with one attached hydrogen (secondary N) is 1. The monoisotopic (exact) mass is 253 g/mol. The van der Waals surface area contributed by atoms with Gasteiger partial charge >= 0.3 is 0 Å². The van der Waals surface area contributed by atoms with Gasteiger partial charge in [0.15, 0.2) is 0 Å². The SMILES string of the molecule is CCCNCc1c(C)nn(C)c1OCCC(C)C. The standard InChI is InChI=1S/C14H27N3O/c1-6-8-15-10-13-12(4)16-17(5)14(13)18-9-7-11(2)3/h11,15H,6-10H2,1-5H3. The summed E-state index contributed by atoms with van der Waals surface area (Å²) in [5, 5.41) is 7.85. The Balaban J connectivity index is 2.63. The van der Waals surface area contributed by atoms with Crippen LogP contribution in [0.1, 0.15) is 44.9 Å². The van der Waals surface area contributed by atoms with Crippen molar-refractivity contribution < 1.29 is 4.74 Å². The van der Waals surface area contributed by atoms with E-state index in [0.29, 0.717) is 5.92 Å². The quantitative estimate of drug-likeness (QED) is 0.724. The van der Waals surface area contributed by atoms with Gasteiger partial charge in [0.1, 0.15) is 0 Å². The summed E-state index contributed by atoms with van der Waals surface area (Å²) in [4.78, 5) is 0. The molecule has 0 radical (unpaired) electrons. The molecular formula is C14H27N3O. The summed E-state index contributed by atoms with van der Waals surface area (Å²) < 4.78 is 7.74. The van der Waals surface area contributed by atoms with Crippen LogP contribution in [-0.2, 0) is 13.6 Å². The van der Waals surface area contributed by atoms with Gasteiger partial charge < -0.3 is 10.1 Å². The summed E-state index contributed by atoms with van der Waals surface area (Å²) in [6.45, 7) is 11.3. The summed E-state index contributed by atoms with van der Waals surface area (Å²) >= 11 is 0. The maximum atomic E-state index is 5.89. The largest absolute Gasteiger partial charge is 0.478 e. The lowest BCUT2D eigenvalue weighted by Crippen LogP contribution is -2.15. The second-order valence-corrected chi connectivity index (χ2v) is 5.20. The third-order valence-electron chi connectivity index (χ3n) is 2.95. The van der Waals surface area contributed by atoms with Crippen LogP contribution in [0.15, 0.2) is 0 Å². The van der Waals surface area contributed by atoms with E-state index in [4.69, 9.17) is 4.74 Å². The Kier molecular flexibility index (Phi) is 6.19. The van der Waals surface area contributed by atoms with Gasteiger partial charge in [-0.1, -0.05) is 20.8 Å². The highest BCUT2D eigenvalue weighted by Crippen LogP contribution is 2.21. The van der Waals surface area contributed by atoms with Crippen LogP contribution in [0.25, 0.3) is 0 Å². The van der Waals surface area contributed by atoms with Gasteiger partial charge in [0, 0.05) is 13.6 Å². The first kappa shape index (κ1) is 15.0. The van der Waals surface area contributed by atoms with Crippen molar-refractivity contribution in [3.8, 4) is 5.88 Å². The van der Waals surface area contributed by atoms with E-state index in [9.17, 15) is 0 Å². The highest BCUT2D eigenvalue weighted by Gasteiger charge is 2.14. The van der Waals surface area contributed by atoms with E-state index in [1.807, 2.05) is 18.7 Å². The molecule has 0 aliphatic rings. The fraction of sp³-hybridized carbons (Fsp3) is 0.786. The minimum atomic E-state index is 0.668. The molecule has 0 saturated heterocycles. The normalized spacial score (nSPS) is 11.2. The zero-order valence-corrected chi connectivity index (χ0v) is 12.4. The van der Waals surface area contributed by atoms with Crippen LogP contribution in [0.3, 0.4) is 0 Å². The lowest BCUT2D eigenvalue weighted by atomic mass is 10.1. The van der Waals surface area contributed by atoms with Gasteiger partial charge in [0.25, 0.3) is 0 Å². The van der Waals surface area contributed by atoms with E-state index < -0.39 is 0 Å². The minimum Gasteiger partial charge on any atom is -0.478 e. The van der Waals surface area contributed by atoms with Gasteiger partial charge in [0.2, 0.25) is 5.88 Å². The number of hydrogen-bond acceptors (Lipinski definition) is 3. The molecule has 0 bridgehead atoms. The molecule has 0 atom stereocenters. The lowest BCUT2D eigenvalue weighted by Gasteiger charge is -2.11. The minimum absolute atomic E-state index is 0.668. The number of rotatable bonds is 8. The summed E-state index contributed by atoms with van der Waals surface area (Å²) in [5.41, 5.74) is 2.25. The van der Waals surface area contributed by atoms with E-state index in [2.05, 4.69) is 31.2 Å². The van der Waals surface area contributed by atoms with Crippen molar-refractivity contribution >= 4 is 0 Å². The molecule has 104 valence electrons. The van der Waals surface area contributed by atoms with Crippen LogP contribution in [-0.4, -0.2) is 22.9 Å². The van der Waals surface area contributed by atoms with Crippen molar-refractivity contribution in [2.75, 3.05) is 13.2 Å². The van der Waals surface area contributed by atoms with Gasteiger partial charge in [-0.2, -0.15) is 5.10 Å². The summed E-state index contributed by atoms with van der Waals surface area (Å²) in [5.74, 6) is 1.58. The van der Waals surface area contributed by atoms with Gasteiger partial charge in [-0.15, -0.1) is 0 Å². The first-order chi connectivity index (χ1) is 8.56. The van der Waals surface area contributed by atoms with E-state index in [1.165, 1.54) is 5.56 Å². The van der Waals surface area contributed by atoms with Crippen molar-refractivity contribution in [1.29, 1.82) is 0 Å². The molecule has 1 aromatic rings. The van der Waals surface area contributed by atoms with Gasteiger partial charge in [-0.05, 0) is 32.2 Å². The second-order valence-electron chi connectivity index (χ2n) is 5.20. The molecule has 0 unspecified atom stereocenters. The van der Waals surface area contributed by atoms with Crippen LogP contribution in [0.5, 0.6) is 5.88 Å². The molecule has 1 aromatic heterocycles. The Morgan fingerprint density at radius 1 is 1.39 bits per heavy atom. The van der Waals surface area contributed by atoms with Crippen molar-refractivity contribution in [3.63, 3.8) is 0 Å². The molecule has 1 N–H and O–H groups in total. The molecule has 18 heavy (non-hydrogen) atoms. The third-order valence-corrected chi connectivity index (χ3v) is 2.95. The zero-order chi connectivity index (χ0) is 13.5. The molecule has 0 fully saturated rings. The molecular weight excluding hydrogens is 226 g/mol. The molecule has 0 spiro atoms. The van der Waals surface area contributed by atoms with Crippen LogP contribution < -0.4 is 10.1 Å².